The fourth-order valence-corrected chi connectivity index (χ4v) is 3.32. The van der Waals surface area contributed by atoms with Crippen molar-refractivity contribution < 1.29 is 18.0 Å². The minimum absolute atomic E-state index is 0.244. The highest BCUT2D eigenvalue weighted by Gasteiger charge is 2.31. The number of nitrogens with zero attached hydrogens (tertiary/aromatic N) is 7. The van der Waals surface area contributed by atoms with Crippen LogP contribution in [0.2, 0.25) is 0 Å². The van der Waals surface area contributed by atoms with Gasteiger partial charge >= 0.3 is 12.1 Å². The van der Waals surface area contributed by atoms with Crippen molar-refractivity contribution in [2.24, 2.45) is 10.2 Å². The molecule has 12 heteroatoms. The summed E-state index contributed by atoms with van der Waals surface area (Å²) in [5.74, 6) is -0.618. The lowest BCUT2D eigenvalue weighted by Crippen LogP contribution is -2.06. The highest BCUT2D eigenvalue weighted by Crippen LogP contribution is 2.30. The van der Waals surface area contributed by atoms with Crippen molar-refractivity contribution in [1.82, 2.24) is 24.8 Å². The number of aryl methyl sites for hydroxylation is 2. The van der Waals surface area contributed by atoms with E-state index in [-0.39, 0.29) is 5.56 Å². The number of hydrogen-bond donors (Lipinski definition) is 1. The summed E-state index contributed by atoms with van der Waals surface area (Å²) in [6, 6.07) is 10.8. The molecule has 0 unspecified atom stereocenters. The maximum Gasteiger partial charge on any atom is 0.416 e. The largest absolute Gasteiger partial charge is 0.416 e. The zero-order valence-corrected chi connectivity index (χ0v) is 19.7. The highest BCUT2D eigenvalue weighted by molar-refractivity contribution is 5.94. The van der Waals surface area contributed by atoms with Crippen molar-refractivity contribution >= 4 is 23.2 Å². The lowest BCUT2D eigenvalue weighted by Gasteiger charge is -2.10. The Hall–Kier alpha value is -4.83. The molecule has 0 atom stereocenters. The molecule has 0 fully saturated rings. The van der Waals surface area contributed by atoms with Crippen molar-refractivity contribution in [1.29, 1.82) is 0 Å². The van der Waals surface area contributed by atoms with Gasteiger partial charge in [-0.25, -0.2) is 9.97 Å². The first-order valence-electron chi connectivity index (χ1n) is 11.1. The molecule has 186 valence electrons. The predicted molar refractivity (Wildman–Crippen MR) is 129 cm³/mol. The zero-order chi connectivity index (χ0) is 26.4. The second kappa shape index (κ2) is 10.8. The lowest BCUT2D eigenvalue weighted by atomic mass is 10.1. The van der Waals surface area contributed by atoms with E-state index in [0.29, 0.717) is 41.2 Å². The van der Waals surface area contributed by atoms with Gasteiger partial charge in [0.05, 0.1) is 17.0 Å². The molecule has 4 aromatic rings. The number of carbonyl (C=O) groups excluding carboxylic acids is 1. The van der Waals surface area contributed by atoms with Crippen LogP contribution in [0.15, 0.2) is 77.3 Å². The molecule has 1 amide bonds. The van der Waals surface area contributed by atoms with Crippen LogP contribution < -0.4 is 10.2 Å². The topological polar surface area (TPSA) is 119 Å². The Morgan fingerprint density at radius 2 is 1.84 bits per heavy atom. The fourth-order valence-electron chi connectivity index (χ4n) is 3.32. The number of carbonyl (C=O) groups is 1. The molecular weight excluding hydrogens is 485 g/mol. The number of amides is 1. The van der Waals surface area contributed by atoms with Gasteiger partial charge in [-0.15, -0.1) is 0 Å². The summed E-state index contributed by atoms with van der Waals surface area (Å²) in [4.78, 5) is 33.2. The number of aromatic nitrogens is 4. The van der Waals surface area contributed by atoms with Crippen LogP contribution in [0, 0.1) is 6.92 Å². The van der Waals surface area contributed by atoms with E-state index in [1.165, 1.54) is 6.07 Å². The smallest absolute Gasteiger partial charge is 0.324 e. The Balaban J connectivity index is 1.54. The molecule has 0 spiro atoms. The normalized spacial score (nSPS) is 10.9. The lowest BCUT2D eigenvalue weighted by molar-refractivity contribution is -0.137. The second-order valence-electron chi connectivity index (χ2n) is 7.77. The van der Waals surface area contributed by atoms with E-state index in [4.69, 9.17) is 0 Å². The number of halogens is 3. The summed E-state index contributed by atoms with van der Waals surface area (Å²) in [6.07, 6.45) is 0.967. The van der Waals surface area contributed by atoms with Crippen LogP contribution in [0.4, 0.5) is 30.5 Å². The molecule has 37 heavy (non-hydrogen) atoms. The summed E-state index contributed by atoms with van der Waals surface area (Å²) < 4.78 is 38.6. The van der Waals surface area contributed by atoms with E-state index in [1.54, 1.807) is 42.9 Å². The SMILES string of the molecule is CCc1nccnc1-c1ccnc(Nc2cc(N=[N+]=NC(=O)c3cccc(C(F)(F)F)c3)ccc2C)n1. The Kier molecular flexibility index (Phi) is 7.40. The van der Waals surface area contributed by atoms with Crippen LogP contribution >= 0.6 is 0 Å². The van der Waals surface area contributed by atoms with Gasteiger partial charge in [0.1, 0.15) is 5.69 Å². The first kappa shape index (κ1) is 25.3. The van der Waals surface area contributed by atoms with E-state index in [2.05, 4.69) is 40.4 Å². The summed E-state index contributed by atoms with van der Waals surface area (Å²) in [5.41, 5.74) is 2.75. The number of rotatable bonds is 6. The van der Waals surface area contributed by atoms with Crippen LogP contribution in [0.1, 0.15) is 34.1 Å². The van der Waals surface area contributed by atoms with E-state index < -0.39 is 17.6 Å². The van der Waals surface area contributed by atoms with Crippen LogP contribution in [-0.2, 0) is 12.6 Å². The fraction of sp³-hybridized carbons (Fsp3) is 0.160. The first-order valence-corrected chi connectivity index (χ1v) is 11.1. The van der Waals surface area contributed by atoms with Crippen molar-refractivity contribution in [3.8, 4) is 11.4 Å². The second-order valence-corrected chi connectivity index (χ2v) is 7.77. The summed E-state index contributed by atoms with van der Waals surface area (Å²) >= 11 is 0. The maximum absolute atomic E-state index is 12.9. The van der Waals surface area contributed by atoms with E-state index in [0.717, 1.165) is 23.4 Å². The molecule has 0 aliphatic rings. The van der Waals surface area contributed by atoms with Crippen molar-refractivity contribution in [2.45, 2.75) is 26.4 Å². The van der Waals surface area contributed by atoms with Gasteiger partial charge in [-0.1, -0.05) is 19.1 Å². The highest BCUT2D eigenvalue weighted by atomic mass is 19.4. The third kappa shape index (κ3) is 6.24. The summed E-state index contributed by atoms with van der Waals surface area (Å²) in [6.45, 7) is 3.85. The molecular formula is C25H20F3N8O+. The molecule has 1 N–H and O–H groups in total. The minimum atomic E-state index is -4.57. The molecule has 9 nitrogen and oxygen atoms in total. The monoisotopic (exact) mass is 505 g/mol. The third-order valence-corrected chi connectivity index (χ3v) is 5.21. The van der Waals surface area contributed by atoms with E-state index in [1.807, 2.05) is 13.8 Å². The molecule has 0 radical (unpaired) electrons. The Morgan fingerprint density at radius 3 is 2.62 bits per heavy atom. The van der Waals surface area contributed by atoms with Crippen molar-refractivity contribution in [3.05, 3.63) is 89.5 Å². The molecule has 0 bridgehead atoms. The van der Waals surface area contributed by atoms with E-state index in [9.17, 15) is 18.0 Å². The van der Waals surface area contributed by atoms with Crippen LogP contribution in [0.25, 0.3) is 11.4 Å². The Bertz CT molecular complexity index is 1510. The molecule has 2 aromatic heterocycles. The van der Waals surface area contributed by atoms with Gasteiger partial charge in [0.15, 0.2) is 10.8 Å². The number of nitrogens with one attached hydrogen (secondary N) is 1. The van der Waals surface area contributed by atoms with Gasteiger partial charge in [-0.3, -0.25) is 14.8 Å². The first-order chi connectivity index (χ1) is 17.7. The Labute approximate surface area is 209 Å². The average molecular weight is 505 g/mol. The maximum atomic E-state index is 12.9. The van der Waals surface area contributed by atoms with Gasteiger partial charge in [0.2, 0.25) is 16.0 Å². The van der Waals surface area contributed by atoms with Crippen molar-refractivity contribution in [3.63, 3.8) is 0 Å². The minimum Gasteiger partial charge on any atom is -0.324 e. The van der Waals surface area contributed by atoms with E-state index >= 15 is 0 Å². The summed E-state index contributed by atoms with van der Waals surface area (Å²) in [5, 5.41) is 10.4. The third-order valence-electron chi connectivity index (χ3n) is 5.21. The number of hydrogen-bond acceptors (Lipinski definition) is 7. The molecule has 0 saturated carbocycles. The average Bonchev–Trinajstić information content (AvgIpc) is 2.90. The number of benzene rings is 2. The molecule has 0 aliphatic carbocycles. The standard InChI is InChI=1S/C25H20F3N8O/c1-3-19-22(30-12-11-29-19)20-9-10-31-24(32-20)33-21-14-18(8-7-15(21)2)34-36-35-23(37)16-5-4-6-17(13-16)25(26,27)28/h4-14H,3H2,1-2H3,(H,31,32,33)/q+1. The molecule has 0 saturated heterocycles. The number of anilines is 2. The van der Waals surface area contributed by atoms with Gasteiger partial charge in [0.25, 0.3) is 0 Å². The molecule has 2 heterocycles. The molecule has 4 rings (SSSR count). The van der Waals surface area contributed by atoms with Gasteiger partial charge in [0, 0.05) is 29.8 Å². The van der Waals surface area contributed by atoms with Gasteiger partial charge in [-0.2, -0.15) is 13.2 Å². The molecule has 0 aliphatic heterocycles. The number of alkyl halides is 3. The van der Waals surface area contributed by atoms with Crippen LogP contribution in [-0.4, -0.2) is 25.8 Å². The molecule has 2 aromatic carbocycles. The predicted octanol–water partition coefficient (Wildman–Crippen LogP) is 6.01. The van der Waals surface area contributed by atoms with Gasteiger partial charge < -0.3 is 5.32 Å². The van der Waals surface area contributed by atoms with Crippen LogP contribution in [0.5, 0.6) is 0 Å². The Morgan fingerprint density at radius 1 is 1.03 bits per heavy atom. The summed E-state index contributed by atoms with van der Waals surface area (Å²) in [7, 11) is 0. The van der Waals surface area contributed by atoms with Gasteiger partial charge in [-0.05, 0) is 55.3 Å². The zero-order valence-electron chi connectivity index (χ0n) is 19.7. The van der Waals surface area contributed by atoms with Crippen LogP contribution in [0.3, 0.4) is 0 Å². The quantitative estimate of drug-likeness (QED) is 0.253. The van der Waals surface area contributed by atoms with Crippen molar-refractivity contribution in [2.75, 3.05) is 5.32 Å².